The summed E-state index contributed by atoms with van der Waals surface area (Å²) in [6.45, 7) is 5.09. The molecule has 6 aromatic rings. The molecule has 42 heavy (non-hydrogen) atoms. The molecule has 9 nitrogen and oxygen atoms in total. The van der Waals surface area contributed by atoms with Gasteiger partial charge in [0.25, 0.3) is 11.8 Å². The van der Waals surface area contributed by atoms with Crippen LogP contribution in [0.15, 0.2) is 104 Å². The number of carbonyl (C=O) groups excluding carboxylic acids is 2. The summed E-state index contributed by atoms with van der Waals surface area (Å²) in [4.78, 5) is 39.1. The molecule has 0 aliphatic carbocycles. The quantitative estimate of drug-likeness (QED) is 0.197. The Morgan fingerprint density at radius 1 is 0.810 bits per heavy atom. The third kappa shape index (κ3) is 5.53. The van der Waals surface area contributed by atoms with Gasteiger partial charge in [-0.2, -0.15) is 0 Å². The molecule has 0 saturated carbocycles. The van der Waals surface area contributed by atoms with Crippen LogP contribution >= 0.6 is 0 Å². The van der Waals surface area contributed by atoms with Gasteiger partial charge in [0.1, 0.15) is 0 Å². The molecule has 0 unspecified atom stereocenters. The zero-order valence-electron chi connectivity index (χ0n) is 23.2. The van der Waals surface area contributed by atoms with E-state index in [1.54, 1.807) is 54.7 Å². The first kappa shape index (κ1) is 26.6. The van der Waals surface area contributed by atoms with Gasteiger partial charge in [-0.05, 0) is 60.5 Å². The summed E-state index contributed by atoms with van der Waals surface area (Å²) in [7, 11) is 0. The Hall–Kier alpha value is -5.57. The van der Waals surface area contributed by atoms with Crippen LogP contribution in [0.25, 0.3) is 27.9 Å². The molecule has 0 fully saturated rings. The maximum atomic E-state index is 13.1. The van der Waals surface area contributed by atoms with Gasteiger partial charge in [-0.3, -0.25) is 19.0 Å². The molecule has 3 heterocycles. The van der Waals surface area contributed by atoms with Crippen molar-refractivity contribution in [2.75, 3.05) is 22.5 Å². The molecular weight excluding hydrogens is 526 g/mol. The fourth-order valence-corrected chi connectivity index (χ4v) is 4.67. The second kappa shape index (κ2) is 11.5. The molecule has 0 radical (unpaired) electrons. The lowest BCUT2D eigenvalue weighted by atomic mass is 10.1. The van der Waals surface area contributed by atoms with Crippen molar-refractivity contribution in [1.82, 2.24) is 19.4 Å². The number of amides is 2. The lowest BCUT2D eigenvalue weighted by Crippen LogP contribution is -2.14. The number of nitrogens with zero attached hydrogens (tertiary/aromatic N) is 4. The van der Waals surface area contributed by atoms with E-state index in [1.165, 1.54) is 6.20 Å². The first-order chi connectivity index (χ1) is 20.5. The Kier molecular flexibility index (Phi) is 7.30. The highest BCUT2D eigenvalue weighted by molar-refractivity contribution is 6.06. The van der Waals surface area contributed by atoms with Crippen LogP contribution in [-0.2, 0) is 0 Å². The first-order valence-corrected chi connectivity index (χ1v) is 13.7. The van der Waals surface area contributed by atoms with Gasteiger partial charge < -0.3 is 16.0 Å². The van der Waals surface area contributed by atoms with Gasteiger partial charge in [0.05, 0.1) is 28.5 Å². The largest absolute Gasteiger partial charge is 0.367 e. The molecule has 208 valence electrons. The maximum absolute atomic E-state index is 13.1. The number of para-hydroxylation sites is 2. The van der Waals surface area contributed by atoms with Crippen molar-refractivity contribution in [3.8, 4) is 11.3 Å². The van der Waals surface area contributed by atoms with Crippen molar-refractivity contribution >= 4 is 45.7 Å². The van der Waals surface area contributed by atoms with Gasteiger partial charge in [-0.1, -0.05) is 44.2 Å². The summed E-state index contributed by atoms with van der Waals surface area (Å²) in [6.07, 6.45) is 4.95. The Morgan fingerprint density at radius 2 is 1.55 bits per heavy atom. The average Bonchev–Trinajstić information content (AvgIpc) is 3.46. The number of rotatable bonds is 8. The summed E-state index contributed by atoms with van der Waals surface area (Å²) in [5, 5.41) is 9.19. The lowest BCUT2D eigenvalue weighted by molar-refractivity contribution is 0.101. The number of benzene rings is 3. The summed E-state index contributed by atoms with van der Waals surface area (Å²) < 4.78 is 2.10. The van der Waals surface area contributed by atoms with Crippen molar-refractivity contribution < 1.29 is 9.59 Å². The smallest absolute Gasteiger partial charge is 0.257 e. The van der Waals surface area contributed by atoms with Crippen LogP contribution in [0.2, 0.25) is 0 Å². The number of pyridine rings is 1. The van der Waals surface area contributed by atoms with Crippen molar-refractivity contribution in [2.45, 2.75) is 13.8 Å². The van der Waals surface area contributed by atoms with Gasteiger partial charge in [-0.15, -0.1) is 0 Å². The average molecular weight is 556 g/mol. The molecule has 0 saturated heterocycles. The Bertz CT molecular complexity index is 1900. The number of anilines is 3. The van der Waals surface area contributed by atoms with E-state index in [0.29, 0.717) is 28.4 Å². The first-order valence-electron chi connectivity index (χ1n) is 13.7. The predicted molar refractivity (Wildman–Crippen MR) is 166 cm³/mol. The number of carbonyl (C=O) groups is 2. The van der Waals surface area contributed by atoms with Gasteiger partial charge in [-0.25, -0.2) is 9.97 Å². The van der Waals surface area contributed by atoms with E-state index in [1.807, 2.05) is 42.6 Å². The summed E-state index contributed by atoms with van der Waals surface area (Å²) >= 11 is 0. The van der Waals surface area contributed by atoms with Crippen LogP contribution in [-0.4, -0.2) is 37.7 Å². The zero-order chi connectivity index (χ0) is 29.1. The lowest BCUT2D eigenvalue weighted by Gasteiger charge is -2.13. The highest BCUT2D eigenvalue weighted by Crippen LogP contribution is 2.29. The Labute approximate surface area is 242 Å². The topological polar surface area (TPSA) is 113 Å². The van der Waals surface area contributed by atoms with Crippen molar-refractivity contribution in [1.29, 1.82) is 0 Å². The van der Waals surface area contributed by atoms with Crippen LogP contribution in [0.4, 0.5) is 17.2 Å². The molecule has 3 aromatic heterocycles. The molecule has 0 atom stereocenters. The zero-order valence-corrected chi connectivity index (χ0v) is 23.2. The minimum Gasteiger partial charge on any atom is -0.367 e. The molecule has 2 amide bonds. The van der Waals surface area contributed by atoms with E-state index in [4.69, 9.17) is 9.97 Å². The highest BCUT2D eigenvalue weighted by atomic mass is 16.2. The molecule has 0 bridgehead atoms. The molecular formula is C33H29N7O2. The minimum absolute atomic E-state index is 0.259. The van der Waals surface area contributed by atoms with Crippen LogP contribution in [0.3, 0.4) is 0 Å². The van der Waals surface area contributed by atoms with E-state index >= 15 is 0 Å². The number of imidazole rings is 1. The number of aromatic nitrogens is 4. The third-order valence-corrected chi connectivity index (χ3v) is 6.75. The summed E-state index contributed by atoms with van der Waals surface area (Å²) in [5.74, 6) is 0.661. The van der Waals surface area contributed by atoms with Gasteiger partial charge in [0.15, 0.2) is 11.5 Å². The predicted octanol–water partition coefficient (Wildman–Crippen LogP) is 6.52. The number of hydrogen-bond acceptors (Lipinski definition) is 6. The molecule has 3 aromatic carbocycles. The molecule has 0 aliphatic rings. The van der Waals surface area contributed by atoms with Crippen LogP contribution < -0.4 is 16.0 Å². The van der Waals surface area contributed by atoms with Crippen molar-refractivity contribution in [2.24, 2.45) is 5.92 Å². The van der Waals surface area contributed by atoms with E-state index in [-0.39, 0.29) is 11.8 Å². The number of nitrogens with one attached hydrogen (secondary N) is 3. The monoisotopic (exact) mass is 555 g/mol. The molecule has 6 rings (SSSR count). The Morgan fingerprint density at radius 3 is 2.26 bits per heavy atom. The Balaban J connectivity index is 1.23. The molecule has 0 spiro atoms. The summed E-state index contributed by atoms with van der Waals surface area (Å²) in [5.41, 5.74) is 6.47. The van der Waals surface area contributed by atoms with Gasteiger partial charge in [0.2, 0.25) is 0 Å². The van der Waals surface area contributed by atoms with Gasteiger partial charge >= 0.3 is 0 Å². The van der Waals surface area contributed by atoms with Crippen molar-refractivity contribution in [3.05, 3.63) is 115 Å². The van der Waals surface area contributed by atoms with E-state index < -0.39 is 0 Å². The standard InChI is InChI=1S/C33H29N7O2/c1-21(2)18-35-30-31-36-20-29(40(31)28-11-4-3-10-27(28)39-30)22-12-14-23(15-13-22)32(41)37-25-8-5-9-26(17-25)38-33(42)24-7-6-16-34-19-24/h3-17,19-21H,18H2,1-2H3,(H,35,39)(H,37,41)(H,38,42). The number of fused-ring (bicyclic) bond motifs is 3. The number of hydrogen-bond donors (Lipinski definition) is 3. The molecule has 3 N–H and O–H groups in total. The minimum atomic E-state index is -0.277. The third-order valence-electron chi connectivity index (χ3n) is 6.75. The van der Waals surface area contributed by atoms with Crippen molar-refractivity contribution in [3.63, 3.8) is 0 Å². The second-order valence-electron chi connectivity index (χ2n) is 10.3. The van der Waals surface area contributed by atoms with E-state index in [9.17, 15) is 9.59 Å². The fraction of sp³-hybridized carbons (Fsp3) is 0.121. The van der Waals surface area contributed by atoms with Crippen LogP contribution in [0, 0.1) is 5.92 Å². The van der Waals surface area contributed by atoms with Crippen LogP contribution in [0.5, 0.6) is 0 Å². The SMILES string of the molecule is CC(C)CNc1nc2ccccc2n2c(-c3ccc(C(=O)Nc4cccc(NC(=O)c5cccnc5)c4)cc3)cnc12. The van der Waals surface area contributed by atoms with E-state index in [2.05, 4.69) is 39.2 Å². The summed E-state index contributed by atoms with van der Waals surface area (Å²) in [6, 6.07) is 25.8. The normalized spacial score (nSPS) is 11.1. The molecule has 9 heteroatoms. The van der Waals surface area contributed by atoms with Crippen LogP contribution in [0.1, 0.15) is 34.6 Å². The van der Waals surface area contributed by atoms with E-state index in [0.717, 1.165) is 40.3 Å². The maximum Gasteiger partial charge on any atom is 0.257 e. The second-order valence-corrected chi connectivity index (χ2v) is 10.3. The molecule has 0 aliphatic heterocycles. The van der Waals surface area contributed by atoms with Gasteiger partial charge in [0, 0.05) is 41.4 Å². The highest BCUT2D eigenvalue weighted by Gasteiger charge is 2.16. The fourth-order valence-electron chi connectivity index (χ4n) is 4.67.